The maximum Gasteiger partial charge on any atom is 0.227 e. The highest BCUT2D eigenvalue weighted by Crippen LogP contribution is 2.18. The molecule has 3 N–H and O–H groups in total. The van der Waals surface area contributed by atoms with Crippen molar-refractivity contribution in [1.82, 2.24) is 5.32 Å². The number of benzene rings is 1. The highest BCUT2D eigenvalue weighted by molar-refractivity contribution is 7.98. The van der Waals surface area contributed by atoms with Gasteiger partial charge in [0.15, 0.2) is 0 Å². The number of nitrogen functional groups attached to an aromatic ring is 1. The van der Waals surface area contributed by atoms with Crippen molar-refractivity contribution in [3.63, 3.8) is 0 Å². The molecule has 0 aromatic heterocycles. The number of hydrogen-bond acceptors (Lipinski definition) is 3. The van der Waals surface area contributed by atoms with E-state index in [0.29, 0.717) is 5.69 Å². The Morgan fingerprint density at radius 3 is 2.78 bits per heavy atom. The van der Waals surface area contributed by atoms with Gasteiger partial charge in [0.1, 0.15) is 0 Å². The molecule has 0 saturated heterocycles. The van der Waals surface area contributed by atoms with Crippen LogP contribution in [0.5, 0.6) is 0 Å². The van der Waals surface area contributed by atoms with Crippen LogP contribution in [0.1, 0.15) is 31.7 Å². The summed E-state index contributed by atoms with van der Waals surface area (Å²) < 4.78 is 0. The Balaban J connectivity index is 2.66. The Labute approximate surface area is 114 Å². The molecule has 0 bridgehead atoms. The number of nitrogens with one attached hydrogen (secondary N) is 1. The van der Waals surface area contributed by atoms with Crippen molar-refractivity contribution < 1.29 is 4.79 Å². The van der Waals surface area contributed by atoms with Gasteiger partial charge in [0, 0.05) is 17.5 Å². The molecular formula is C14H22N2OS. The lowest BCUT2D eigenvalue weighted by Gasteiger charge is -2.19. The fourth-order valence-corrected chi connectivity index (χ4v) is 2.49. The summed E-state index contributed by atoms with van der Waals surface area (Å²) in [5.74, 6) is 0.859. The third kappa shape index (κ3) is 4.26. The molecular weight excluding hydrogens is 244 g/mol. The summed E-state index contributed by atoms with van der Waals surface area (Å²) in [5.41, 5.74) is 7.40. The molecule has 100 valence electrons. The van der Waals surface area contributed by atoms with E-state index in [9.17, 15) is 4.79 Å². The Hall–Kier alpha value is -1.16. The Kier molecular flexibility index (Phi) is 6.05. The zero-order chi connectivity index (χ0) is 13.5. The van der Waals surface area contributed by atoms with E-state index >= 15 is 0 Å². The van der Waals surface area contributed by atoms with E-state index < -0.39 is 0 Å². The minimum atomic E-state index is -0.163. The van der Waals surface area contributed by atoms with Gasteiger partial charge in [0.25, 0.3) is 0 Å². The van der Waals surface area contributed by atoms with Gasteiger partial charge in [-0.05, 0) is 37.3 Å². The van der Waals surface area contributed by atoms with E-state index in [1.807, 2.05) is 31.2 Å². The van der Waals surface area contributed by atoms with Crippen LogP contribution >= 0.6 is 11.8 Å². The molecule has 2 unspecified atom stereocenters. The molecule has 0 aliphatic carbocycles. The van der Waals surface area contributed by atoms with Gasteiger partial charge in [-0.3, -0.25) is 4.79 Å². The van der Waals surface area contributed by atoms with Gasteiger partial charge in [0.05, 0.1) is 5.92 Å². The highest BCUT2D eigenvalue weighted by Gasteiger charge is 2.18. The van der Waals surface area contributed by atoms with Gasteiger partial charge in [0.2, 0.25) is 5.91 Å². The monoisotopic (exact) mass is 266 g/mol. The minimum Gasteiger partial charge on any atom is -0.399 e. The molecule has 0 radical (unpaired) electrons. The molecule has 0 saturated carbocycles. The molecule has 0 heterocycles. The third-order valence-electron chi connectivity index (χ3n) is 3.01. The standard InChI is InChI=1S/C14H22N2OS/c1-4-13(9-18-3)16-14(17)10(2)11-6-5-7-12(15)8-11/h5-8,10,13H,4,9,15H2,1-3H3,(H,16,17). The smallest absolute Gasteiger partial charge is 0.227 e. The predicted octanol–water partition coefficient (Wildman–Crippen LogP) is 2.63. The van der Waals surface area contributed by atoms with Gasteiger partial charge in [-0.1, -0.05) is 19.1 Å². The number of carbonyl (C=O) groups excluding carboxylic acids is 1. The first-order valence-electron chi connectivity index (χ1n) is 6.23. The Bertz CT molecular complexity index is 395. The van der Waals surface area contributed by atoms with Crippen molar-refractivity contribution in [2.75, 3.05) is 17.7 Å². The van der Waals surface area contributed by atoms with Crippen LogP contribution in [0.15, 0.2) is 24.3 Å². The first-order chi connectivity index (χ1) is 8.58. The fraction of sp³-hybridized carbons (Fsp3) is 0.500. The molecule has 4 heteroatoms. The summed E-state index contributed by atoms with van der Waals surface area (Å²) >= 11 is 1.75. The van der Waals surface area contributed by atoms with E-state index in [0.717, 1.165) is 17.7 Å². The lowest BCUT2D eigenvalue weighted by molar-refractivity contribution is -0.122. The zero-order valence-corrected chi connectivity index (χ0v) is 12.1. The number of thioether (sulfide) groups is 1. The van der Waals surface area contributed by atoms with Gasteiger partial charge in [-0.2, -0.15) is 11.8 Å². The lowest BCUT2D eigenvalue weighted by atomic mass is 9.99. The second kappa shape index (κ2) is 7.31. The van der Waals surface area contributed by atoms with Gasteiger partial charge >= 0.3 is 0 Å². The minimum absolute atomic E-state index is 0.0708. The molecule has 0 spiro atoms. The second-order valence-electron chi connectivity index (χ2n) is 4.46. The average Bonchev–Trinajstić information content (AvgIpc) is 2.37. The molecule has 1 aromatic rings. The second-order valence-corrected chi connectivity index (χ2v) is 5.37. The number of anilines is 1. The molecule has 1 rings (SSSR count). The van der Waals surface area contributed by atoms with Crippen LogP contribution in [0.2, 0.25) is 0 Å². The number of rotatable bonds is 6. The van der Waals surface area contributed by atoms with Crippen LogP contribution in [0, 0.1) is 0 Å². The summed E-state index contributed by atoms with van der Waals surface area (Å²) in [6.07, 6.45) is 3.01. The summed E-state index contributed by atoms with van der Waals surface area (Å²) in [6, 6.07) is 7.76. The molecule has 0 aliphatic rings. The lowest BCUT2D eigenvalue weighted by Crippen LogP contribution is -2.38. The molecule has 1 aromatic carbocycles. The van der Waals surface area contributed by atoms with Crippen molar-refractivity contribution in [3.05, 3.63) is 29.8 Å². The van der Waals surface area contributed by atoms with Crippen LogP contribution in [0.3, 0.4) is 0 Å². The van der Waals surface area contributed by atoms with Gasteiger partial charge in [-0.15, -0.1) is 0 Å². The molecule has 2 atom stereocenters. The van der Waals surface area contributed by atoms with Crippen LogP contribution < -0.4 is 11.1 Å². The van der Waals surface area contributed by atoms with E-state index in [4.69, 9.17) is 5.73 Å². The number of hydrogen-bond donors (Lipinski definition) is 2. The highest BCUT2D eigenvalue weighted by atomic mass is 32.2. The van der Waals surface area contributed by atoms with Crippen LogP contribution in [-0.4, -0.2) is 24.0 Å². The van der Waals surface area contributed by atoms with Crippen molar-refractivity contribution in [2.24, 2.45) is 0 Å². The van der Waals surface area contributed by atoms with E-state index in [1.54, 1.807) is 11.8 Å². The fourth-order valence-electron chi connectivity index (χ4n) is 1.77. The maximum atomic E-state index is 12.1. The third-order valence-corrected chi connectivity index (χ3v) is 3.75. The zero-order valence-electron chi connectivity index (χ0n) is 11.3. The maximum absolute atomic E-state index is 12.1. The van der Waals surface area contributed by atoms with Gasteiger partial charge in [-0.25, -0.2) is 0 Å². The normalized spacial score (nSPS) is 13.9. The molecule has 0 aliphatic heterocycles. The largest absolute Gasteiger partial charge is 0.399 e. The SMILES string of the molecule is CCC(CSC)NC(=O)C(C)c1cccc(N)c1. The molecule has 3 nitrogen and oxygen atoms in total. The molecule has 1 amide bonds. The van der Waals surface area contributed by atoms with Crippen LogP contribution in [-0.2, 0) is 4.79 Å². The number of carbonyl (C=O) groups is 1. The number of nitrogens with two attached hydrogens (primary N) is 1. The molecule has 0 fully saturated rings. The van der Waals surface area contributed by atoms with Crippen molar-refractivity contribution >= 4 is 23.4 Å². The number of amides is 1. The topological polar surface area (TPSA) is 55.1 Å². The predicted molar refractivity (Wildman–Crippen MR) is 79.9 cm³/mol. The van der Waals surface area contributed by atoms with Crippen LogP contribution in [0.4, 0.5) is 5.69 Å². The van der Waals surface area contributed by atoms with Gasteiger partial charge < -0.3 is 11.1 Å². The quantitative estimate of drug-likeness (QED) is 0.778. The summed E-state index contributed by atoms with van der Waals surface area (Å²) in [5, 5.41) is 3.08. The van der Waals surface area contributed by atoms with Crippen molar-refractivity contribution in [3.8, 4) is 0 Å². The summed E-state index contributed by atoms with van der Waals surface area (Å²) in [7, 11) is 0. The van der Waals surface area contributed by atoms with Crippen LogP contribution in [0.25, 0.3) is 0 Å². The van der Waals surface area contributed by atoms with E-state index in [2.05, 4.69) is 18.5 Å². The Morgan fingerprint density at radius 2 is 2.22 bits per heavy atom. The molecule has 18 heavy (non-hydrogen) atoms. The first kappa shape index (κ1) is 14.9. The first-order valence-corrected chi connectivity index (χ1v) is 7.62. The van der Waals surface area contributed by atoms with Crippen molar-refractivity contribution in [2.45, 2.75) is 32.2 Å². The summed E-state index contributed by atoms with van der Waals surface area (Å²) in [4.78, 5) is 12.1. The average molecular weight is 266 g/mol. The Morgan fingerprint density at radius 1 is 1.50 bits per heavy atom. The van der Waals surface area contributed by atoms with E-state index in [-0.39, 0.29) is 17.9 Å². The van der Waals surface area contributed by atoms with E-state index in [1.165, 1.54) is 0 Å². The van der Waals surface area contributed by atoms with Crippen molar-refractivity contribution in [1.29, 1.82) is 0 Å². The summed E-state index contributed by atoms with van der Waals surface area (Å²) in [6.45, 7) is 4.00.